The first-order valence-corrected chi connectivity index (χ1v) is 5.57. The van der Waals surface area contributed by atoms with Crippen LogP contribution in [0.3, 0.4) is 0 Å². The fourth-order valence-corrected chi connectivity index (χ4v) is 1.37. The molecule has 1 aromatic carbocycles. The van der Waals surface area contributed by atoms with Crippen molar-refractivity contribution in [3.8, 4) is 0 Å². The van der Waals surface area contributed by atoms with Crippen LogP contribution in [0.25, 0.3) is 0 Å². The van der Waals surface area contributed by atoms with Gasteiger partial charge in [-0.3, -0.25) is 0 Å². The molecule has 1 aromatic rings. The van der Waals surface area contributed by atoms with E-state index in [9.17, 15) is 4.79 Å². The van der Waals surface area contributed by atoms with E-state index in [0.717, 1.165) is 11.1 Å². The third-order valence-corrected chi connectivity index (χ3v) is 2.11. The van der Waals surface area contributed by atoms with Crippen molar-refractivity contribution >= 4 is 6.09 Å². The Labute approximate surface area is 102 Å². The van der Waals surface area contributed by atoms with E-state index in [-0.39, 0.29) is 6.61 Å². The summed E-state index contributed by atoms with van der Waals surface area (Å²) < 4.78 is 5.12. The average molecular weight is 237 g/mol. The first-order valence-electron chi connectivity index (χ1n) is 5.57. The van der Waals surface area contributed by atoms with Crippen LogP contribution in [0, 0.1) is 0 Å². The van der Waals surface area contributed by atoms with Crippen molar-refractivity contribution in [2.75, 3.05) is 0 Å². The number of benzene rings is 1. The van der Waals surface area contributed by atoms with Gasteiger partial charge >= 0.3 is 6.09 Å². The minimum atomic E-state index is -0.499. The molecule has 0 radical (unpaired) electrons. The van der Waals surface area contributed by atoms with Crippen molar-refractivity contribution in [3.63, 3.8) is 0 Å². The fraction of sp³-hybridized carbons (Fsp3) is 0.462. The normalized spacial score (nSPS) is 11.1. The molecule has 0 fully saturated rings. The Morgan fingerprint density at radius 2 is 1.88 bits per heavy atom. The minimum Gasteiger partial charge on any atom is -0.444 e. The number of amides is 1. The Balaban J connectivity index is 2.53. The van der Waals surface area contributed by atoms with Gasteiger partial charge in [0.1, 0.15) is 5.60 Å². The molecule has 4 heteroatoms. The number of ether oxygens (including phenoxy) is 1. The number of carbonyl (C=O) groups excluding carboxylic acids is 1. The lowest BCUT2D eigenvalue weighted by molar-refractivity contribution is 0.0523. The molecule has 0 atom stereocenters. The van der Waals surface area contributed by atoms with E-state index in [4.69, 9.17) is 9.84 Å². The molecule has 17 heavy (non-hydrogen) atoms. The van der Waals surface area contributed by atoms with Crippen LogP contribution < -0.4 is 5.32 Å². The van der Waals surface area contributed by atoms with Gasteiger partial charge in [-0.15, -0.1) is 0 Å². The number of nitrogens with one attached hydrogen (secondary N) is 1. The molecule has 0 aliphatic heterocycles. The van der Waals surface area contributed by atoms with Gasteiger partial charge in [0.25, 0.3) is 0 Å². The molecule has 1 amide bonds. The predicted molar refractivity (Wildman–Crippen MR) is 65.4 cm³/mol. The maximum absolute atomic E-state index is 11.4. The lowest BCUT2D eigenvalue weighted by atomic mass is 10.1. The van der Waals surface area contributed by atoms with Crippen LogP contribution in [0.2, 0.25) is 0 Å². The molecular weight excluding hydrogens is 218 g/mol. The molecule has 0 aromatic heterocycles. The smallest absolute Gasteiger partial charge is 0.407 e. The van der Waals surface area contributed by atoms with Crippen molar-refractivity contribution in [1.29, 1.82) is 0 Å². The van der Waals surface area contributed by atoms with Crippen molar-refractivity contribution in [2.45, 2.75) is 39.5 Å². The van der Waals surface area contributed by atoms with Gasteiger partial charge in [0.15, 0.2) is 0 Å². The fourth-order valence-electron chi connectivity index (χ4n) is 1.37. The van der Waals surface area contributed by atoms with E-state index in [2.05, 4.69) is 5.32 Å². The quantitative estimate of drug-likeness (QED) is 0.847. The van der Waals surface area contributed by atoms with E-state index in [1.54, 1.807) is 0 Å². The van der Waals surface area contributed by atoms with Crippen molar-refractivity contribution in [3.05, 3.63) is 35.4 Å². The van der Waals surface area contributed by atoms with E-state index >= 15 is 0 Å². The van der Waals surface area contributed by atoms with Crippen molar-refractivity contribution < 1.29 is 14.6 Å². The second-order valence-corrected chi connectivity index (χ2v) is 4.78. The van der Waals surface area contributed by atoms with Gasteiger partial charge in [0, 0.05) is 6.54 Å². The Kier molecular flexibility index (Phi) is 4.52. The summed E-state index contributed by atoms with van der Waals surface area (Å²) in [6.07, 6.45) is -0.453. The summed E-state index contributed by atoms with van der Waals surface area (Å²) in [4.78, 5) is 11.4. The van der Waals surface area contributed by atoms with Crippen molar-refractivity contribution in [2.24, 2.45) is 0 Å². The van der Waals surface area contributed by atoms with Gasteiger partial charge in [-0.25, -0.2) is 4.79 Å². The molecule has 94 valence electrons. The highest BCUT2D eigenvalue weighted by Gasteiger charge is 2.15. The number of rotatable bonds is 3. The van der Waals surface area contributed by atoms with Gasteiger partial charge in [-0.1, -0.05) is 24.3 Å². The Morgan fingerprint density at radius 1 is 1.29 bits per heavy atom. The topological polar surface area (TPSA) is 58.6 Å². The van der Waals surface area contributed by atoms with E-state index < -0.39 is 11.7 Å². The van der Waals surface area contributed by atoms with Crippen LogP contribution in [-0.4, -0.2) is 16.8 Å². The first-order chi connectivity index (χ1) is 7.92. The summed E-state index contributed by atoms with van der Waals surface area (Å²) in [6.45, 7) is 5.76. The van der Waals surface area contributed by atoms with Gasteiger partial charge in [-0.2, -0.15) is 0 Å². The van der Waals surface area contributed by atoms with E-state index in [1.807, 2.05) is 45.0 Å². The van der Waals surface area contributed by atoms with Crippen LogP contribution in [0.4, 0.5) is 4.79 Å². The number of aliphatic hydroxyl groups excluding tert-OH is 1. The molecule has 0 aliphatic rings. The molecular formula is C13H19NO3. The second kappa shape index (κ2) is 5.68. The zero-order chi connectivity index (χ0) is 12.9. The van der Waals surface area contributed by atoms with Gasteiger partial charge in [-0.05, 0) is 31.9 Å². The number of hydrogen-bond acceptors (Lipinski definition) is 3. The van der Waals surface area contributed by atoms with Crippen LogP contribution >= 0.6 is 0 Å². The first kappa shape index (κ1) is 13.5. The summed E-state index contributed by atoms with van der Waals surface area (Å²) in [5.41, 5.74) is 1.20. The third-order valence-electron chi connectivity index (χ3n) is 2.11. The lowest BCUT2D eigenvalue weighted by Crippen LogP contribution is -2.32. The number of hydrogen-bond donors (Lipinski definition) is 2. The number of carbonyl (C=O) groups is 1. The van der Waals surface area contributed by atoms with E-state index in [1.165, 1.54) is 0 Å². The summed E-state index contributed by atoms with van der Waals surface area (Å²) >= 11 is 0. The molecule has 0 spiro atoms. The van der Waals surface area contributed by atoms with E-state index in [0.29, 0.717) is 6.54 Å². The molecule has 0 heterocycles. The minimum absolute atomic E-state index is 0.0355. The van der Waals surface area contributed by atoms with Crippen LogP contribution in [0.15, 0.2) is 24.3 Å². The van der Waals surface area contributed by atoms with Crippen LogP contribution in [0.5, 0.6) is 0 Å². The summed E-state index contributed by atoms with van der Waals surface area (Å²) in [6, 6.07) is 7.41. The van der Waals surface area contributed by atoms with Gasteiger partial charge in [0.2, 0.25) is 0 Å². The maximum Gasteiger partial charge on any atom is 0.407 e. The monoisotopic (exact) mass is 237 g/mol. The largest absolute Gasteiger partial charge is 0.444 e. The molecule has 0 saturated carbocycles. The highest BCUT2D eigenvalue weighted by Crippen LogP contribution is 2.10. The van der Waals surface area contributed by atoms with Gasteiger partial charge < -0.3 is 15.2 Å². The summed E-state index contributed by atoms with van der Waals surface area (Å²) in [5.74, 6) is 0. The van der Waals surface area contributed by atoms with Gasteiger partial charge in [0.05, 0.1) is 6.61 Å². The summed E-state index contributed by atoms with van der Waals surface area (Å²) in [7, 11) is 0. The Morgan fingerprint density at radius 3 is 2.41 bits per heavy atom. The Bertz CT molecular complexity index is 382. The standard InChI is InChI=1S/C13H19NO3/c1-13(2,3)17-12(16)14-8-10-6-4-5-7-11(10)9-15/h4-7,15H,8-9H2,1-3H3,(H,14,16). The lowest BCUT2D eigenvalue weighted by Gasteiger charge is -2.20. The van der Waals surface area contributed by atoms with Crippen LogP contribution in [0.1, 0.15) is 31.9 Å². The van der Waals surface area contributed by atoms with Crippen LogP contribution in [-0.2, 0) is 17.9 Å². The van der Waals surface area contributed by atoms with Crippen molar-refractivity contribution in [1.82, 2.24) is 5.32 Å². The third kappa shape index (κ3) is 4.87. The molecule has 0 unspecified atom stereocenters. The summed E-state index contributed by atoms with van der Waals surface area (Å²) in [5, 5.41) is 11.8. The number of aliphatic hydroxyl groups is 1. The highest BCUT2D eigenvalue weighted by molar-refractivity contribution is 5.67. The molecule has 2 N–H and O–H groups in total. The molecule has 4 nitrogen and oxygen atoms in total. The maximum atomic E-state index is 11.4. The predicted octanol–water partition coefficient (Wildman–Crippen LogP) is 2.20. The Hall–Kier alpha value is -1.55. The zero-order valence-electron chi connectivity index (χ0n) is 10.5. The number of alkyl carbamates (subject to hydrolysis) is 1. The second-order valence-electron chi connectivity index (χ2n) is 4.78. The average Bonchev–Trinajstić information content (AvgIpc) is 2.24. The SMILES string of the molecule is CC(C)(C)OC(=O)NCc1ccccc1CO. The molecule has 0 saturated heterocycles. The molecule has 0 aliphatic carbocycles. The zero-order valence-corrected chi connectivity index (χ0v) is 10.5. The molecule has 0 bridgehead atoms. The highest BCUT2D eigenvalue weighted by atomic mass is 16.6. The molecule has 1 rings (SSSR count).